The van der Waals surface area contributed by atoms with E-state index in [-0.39, 0.29) is 5.57 Å². The number of nitrogens with one attached hydrogen (secondary N) is 1. The number of carbonyl (C=O) groups excluding carboxylic acids is 2. The number of hydrogen-bond donors (Lipinski definition) is 1. The van der Waals surface area contributed by atoms with Gasteiger partial charge in [-0.25, -0.2) is 4.79 Å². The second-order valence-electron chi connectivity index (χ2n) is 7.36. The molecule has 0 spiro atoms. The average Bonchev–Trinajstić information content (AvgIpc) is 2.83. The van der Waals surface area contributed by atoms with Gasteiger partial charge in [0.1, 0.15) is 11.6 Å². The summed E-state index contributed by atoms with van der Waals surface area (Å²) < 4.78 is 17.0. The molecule has 0 saturated carbocycles. The third-order valence-electron chi connectivity index (χ3n) is 4.82. The van der Waals surface area contributed by atoms with Gasteiger partial charge in [0, 0.05) is 5.69 Å². The molecular formula is C26H29BrN2O5. The Balaban J connectivity index is 2.19. The lowest BCUT2D eigenvalue weighted by Gasteiger charge is -2.15. The molecule has 7 nitrogen and oxygen atoms in total. The minimum absolute atomic E-state index is 0.0837. The van der Waals surface area contributed by atoms with Crippen LogP contribution in [0.15, 0.2) is 46.4 Å². The molecule has 180 valence electrons. The Labute approximate surface area is 208 Å². The number of amides is 1. The van der Waals surface area contributed by atoms with Gasteiger partial charge in [0.25, 0.3) is 5.91 Å². The third-order valence-corrected chi connectivity index (χ3v) is 5.40. The molecule has 8 heteroatoms. The van der Waals surface area contributed by atoms with Crippen molar-refractivity contribution < 1.29 is 23.8 Å². The van der Waals surface area contributed by atoms with Crippen molar-refractivity contribution in [1.82, 2.24) is 0 Å². The smallest absolute Gasteiger partial charge is 0.337 e. The van der Waals surface area contributed by atoms with Crippen LogP contribution in [0.5, 0.6) is 11.5 Å². The van der Waals surface area contributed by atoms with Crippen LogP contribution in [0.4, 0.5) is 5.69 Å². The first-order chi connectivity index (χ1) is 16.4. The number of unbranched alkanes of at least 4 members (excludes halogenated alkanes) is 3. The van der Waals surface area contributed by atoms with Crippen molar-refractivity contribution in [2.24, 2.45) is 0 Å². The molecule has 0 heterocycles. The number of nitriles is 1. The van der Waals surface area contributed by atoms with Crippen LogP contribution in [0.25, 0.3) is 6.08 Å². The zero-order valence-electron chi connectivity index (χ0n) is 19.7. The summed E-state index contributed by atoms with van der Waals surface area (Å²) in [4.78, 5) is 24.2. The topological polar surface area (TPSA) is 97.7 Å². The maximum absolute atomic E-state index is 12.7. The van der Waals surface area contributed by atoms with Gasteiger partial charge >= 0.3 is 5.97 Å². The van der Waals surface area contributed by atoms with E-state index in [4.69, 9.17) is 9.47 Å². The average molecular weight is 529 g/mol. The van der Waals surface area contributed by atoms with Crippen LogP contribution in [-0.2, 0) is 9.53 Å². The van der Waals surface area contributed by atoms with Gasteiger partial charge in [-0.1, -0.05) is 26.2 Å². The van der Waals surface area contributed by atoms with E-state index in [1.54, 1.807) is 24.3 Å². The van der Waals surface area contributed by atoms with Crippen molar-refractivity contribution in [3.05, 3.63) is 57.6 Å². The number of esters is 1. The fourth-order valence-electron chi connectivity index (χ4n) is 3.10. The first kappa shape index (κ1) is 26.9. The molecule has 0 bridgehead atoms. The van der Waals surface area contributed by atoms with Gasteiger partial charge in [0.15, 0.2) is 11.5 Å². The zero-order chi connectivity index (χ0) is 24.9. The molecule has 2 rings (SSSR count). The van der Waals surface area contributed by atoms with Crippen molar-refractivity contribution in [2.45, 2.75) is 39.5 Å². The molecule has 0 atom stereocenters. The van der Waals surface area contributed by atoms with Crippen molar-refractivity contribution in [2.75, 3.05) is 25.6 Å². The molecule has 1 N–H and O–H groups in total. The largest absolute Gasteiger partial charge is 0.490 e. The highest BCUT2D eigenvalue weighted by Gasteiger charge is 2.15. The van der Waals surface area contributed by atoms with E-state index in [1.807, 2.05) is 13.0 Å². The maximum Gasteiger partial charge on any atom is 0.337 e. The van der Waals surface area contributed by atoms with E-state index < -0.39 is 11.9 Å². The van der Waals surface area contributed by atoms with E-state index in [1.165, 1.54) is 31.7 Å². The Morgan fingerprint density at radius 2 is 1.82 bits per heavy atom. The summed E-state index contributed by atoms with van der Waals surface area (Å²) in [6.45, 7) is 5.06. The van der Waals surface area contributed by atoms with Gasteiger partial charge in [0.05, 0.1) is 30.4 Å². The van der Waals surface area contributed by atoms with Crippen molar-refractivity contribution >= 4 is 39.6 Å². The first-order valence-corrected chi connectivity index (χ1v) is 11.9. The Kier molecular flexibility index (Phi) is 11.1. The summed E-state index contributed by atoms with van der Waals surface area (Å²) in [5.74, 6) is 0.0945. The van der Waals surface area contributed by atoms with E-state index in [9.17, 15) is 14.9 Å². The lowest BCUT2D eigenvalue weighted by Crippen LogP contribution is -2.13. The second-order valence-corrected chi connectivity index (χ2v) is 8.22. The van der Waals surface area contributed by atoms with Crippen LogP contribution in [-0.4, -0.2) is 32.2 Å². The molecule has 34 heavy (non-hydrogen) atoms. The number of halogens is 1. The molecule has 0 unspecified atom stereocenters. The van der Waals surface area contributed by atoms with E-state index >= 15 is 0 Å². The summed E-state index contributed by atoms with van der Waals surface area (Å²) in [5.41, 5.74) is 1.33. The minimum Gasteiger partial charge on any atom is -0.490 e. The second kappa shape index (κ2) is 14.1. The molecule has 1 amide bonds. The Bertz CT molecular complexity index is 1060. The Hall–Kier alpha value is -3.31. The quantitative estimate of drug-likeness (QED) is 0.154. The van der Waals surface area contributed by atoms with Crippen LogP contribution in [0, 0.1) is 11.3 Å². The molecule has 0 aliphatic rings. The highest BCUT2D eigenvalue weighted by atomic mass is 79.9. The molecule has 0 aliphatic carbocycles. The van der Waals surface area contributed by atoms with Gasteiger partial charge in [-0.05, 0) is 77.3 Å². The van der Waals surface area contributed by atoms with Gasteiger partial charge < -0.3 is 19.5 Å². The standard InChI is InChI=1S/C26H29BrN2O5/c1-4-6-7-8-13-34-24-22(27)15-18(16-23(24)33-5-2)14-20(17-28)25(30)29-21-11-9-19(10-12-21)26(31)32-3/h9-12,14-16H,4-8,13H2,1-3H3,(H,29,30)/b20-14-. The van der Waals surface area contributed by atoms with Gasteiger partial charge in [-0.15, -0.1) is 0 Å². The van der Waals surface area contributed by atoms with Gasteiger partial charge in [0.2, 0.25) is 0 Å². The molecule has 0 aliphatic heterocycles. The summed E-state index contributed by atoms with van der Waals surface area (Å²) >= 11 is 3.52. The predicted molar refractivity (Wildman–Crippen MR) is 135 cm³/mol. The number of nitrogens with zero attached hydrogens (tertiary/aromatic N) is 1. The lowest BCUT2D eigenvalue weighted by molar-refractivity contribution is -0.112. The van der Waals surface area contributed by atoms with Crippen LogP contribution < -0.4 is 14.8 Å². The summed E-state index contributed by atoms with van der Waals surface area (Å²) in [6.07, 6.45) is 5.86. The van der Waals surface area contributed by atoms with Crippen LogP contribution in [0.1, 0.15) is 55.5 Å². The van der Waals surface area contributed by atoms with Crippen molar-refractivity contribution in [3.8, 4) is 17.6 Å². The van der Waals surface area contributed by atoms with Crippen LogP contribution in [0.3, 0.4) is 0 Å². The molecule has 2 aromatic rings. The fourth-order valence-corrected chi connectivity index (χ4v) is 3.67. The monoisotopic (exact) mass is 528 g/mol. The lowest BCUT2D eigenvalue weighted by atomic mass is 10.1. The number of ether oxygens (including phenoxy) is 3. The third kappa shape index (κ3) is 7.92. The number of methoxy groups -OCH3 is 1. The zero-order valence-corrected chi connectivity index (χ0v) is 21.2. The van der Waals surface area contributed by atoms with Crippen molar-refractivity contribution in [1.29, 1.82) is 5.26 Å². The number of hydrogen-bond acceptors (Lipinski definition) is 6. The number of benzene rings is 2. The van der Waals surface area contributed by atoms with Crippen LogP contribution in [0.2, 0.25) is 0 Å². The molecular weight excluding hydrogens is 500 g/mol. The summed E-state index contributed by atoms with van der Waals surface area (Å²) in [6, 6.07) is 11.6. The highest BCUT2D eigenvalue weighted by molar-refractivity contribution is 9.10. The SMILES string of the molecule is CCCCCCOc1c(Br)cc(/C=C(/C#N)C(=O)Nc2ccc(C(=O)OC)cc2)cc1OCC. The Morgan fingerprint density at radius 1 is 1.09 bits per heavy atom. The predicted octanol–water partition coefficient (Wildman–Crippen LogP) is 6.14. The number of carbonyl (C=O) groups is 2. The molecule has 0 fully saturated rings. The highest BCUT2D eigenvalue weighted by Crippen LogP contribution is 2.37. The van der Waals surface area contributed by atoms with Crippen molar-refractivity contribution in [3.63, 3.8) is 0 Å². The fraction of sp³-hybridized carbons (Fsp3) is 0.346. The number of rotatable bonds is 12. The maximum atomic E-state index is 12.7. The van der Waals surface area contributed by atoms with E-state index in [0.717, 1.165) is 19.3 Å². The van der Waals surface area contributed by atoms with Crippen LogP contribution >= 0.6 is 15.9 Å². The van der Waals surface area contributed by atoms with Gasteiger partial charge in [-0.2, -0.15) is 5.26 Å². The molecule has 0 saturated heterocycles. The minimum atomic E-state index is -0.571. The molecule has 0 radical (unpaired) electrons. The Morgan fingerprint density at radius 3 is 2.44 bits per heavy atom. The summed E-state index contributed by atoms with van der Waals surface area (Å²) in [7, 11) is 1.30. The van der Waals surface area contributed by atoms with Gasteiger partial charge in [-0.3, -0.25) is 4.79 Å². The first-order valence-electron chi connectivity index (χ1n) is 11.1. The summed E-state index contributed by atoms with van der Waals surface area (Å²) in [5, 5.41) is 12.2. The van der Waals surface area contributed by atoms with E-state index in [2.05, 4.69) is 32.9 Å². The van der Waals surface area contributed by atoms with E-state index in [0.29, 0.717) is 46.0 Å². The number of anilines is 1. The molecule has 0 aromatic heterocycles. The molecule has 2 aromatic carbocycles. The normalized spacial score (nSPS) is 10.9.